The number of hydrogen-bond acceptors (Lipinski definition) is 3. The first kappa shape index (κ1) is 17.2. The van der Waals surface area contributed by atoms with Gasteiger partial charge in [0.1, 0.15) is 0 Å². The average molecular weight is 337 g/mol. The van der Waals surface area contributed by atoms with Gasteiger partial charge in [-0.15, -0.1) is 0 Å². The molecular weight excluding hydrogens is 308 g/mol. The number of β-amino-alcohol motifs (C(OH)–C–C–N with tert-alkyl or cyclic N) is 1. The largest absolute Gasteiger partial charge is 0.390 e. The van der Waals surface area contributed by atoms with Crippen LogP contribution >= 0.6 is 11.6 Å². The van der Waals surface area contributed by atoms with Crippen LogP contribution in [0.5, 0.6) is 0 Å². The van der Waals surface area contributed by atoms with Gasteiger partial charge in [-0.3, -0.25) is 0 Å². The zero-order chi connectivity index (χ0) is 16.1. The van der Waals surface area contributed by atoms with Crippen LogP contribution < -0.4 is 5.32 Å². The first-order valence-electron chi connectivity index (χ1n) is 9.06. The van der Waals surface area contributed by atoms with Crippen molar-refractivity contribution in [3.63, 3.8) is 0 Å². The first-order chi connectivity index (χ1) is 11.2. The molecule has 23 heavy (non-hydrogen) atoms. The predicted octanol–water partition coefficient (Wildman–Crippen LogP) is 3.30. The lowest BCUT2D eigenvalue weighted by Crippen LogP contribution is -2.46. The van der Waals surface area contributed by atoms with Gasteiger partial charge in [0.25, 0.3) is 0 Å². The second-order valence-electron chi connectivity index (χ2n) is 7.27. The zero-order valence-electron chi connectivity index (χ0n) is 13.9. The fourth-order valence-corrected chi connectivity index (χ4v) is 4.45. The highest BCUT2D eigenvalue weighted by Crippen LogP contribution is 2.35. The summed E-state index contributed by atoms with van der Waals surface area (Å²) in [6.45, 7) is 4.54. The maximum absolute atomic E-state index is 10.3. The molecule has 0 unspecified atom stereocenters. The van der Waals surface area contributed by atoms with E-state index in [1.807, 2.05) is 18.2 Å². The summed E-state index contributed by atoms with van der Waals surface area (Å²) < 4.78 is 0. The molecule has 1 saturated carbocycles. The maximum Gasteiger partial charge on any atom is 0.0791 e. The van der Waals surface area contributed by atoms with Crippen molar-refractivity contribution < 1.29 is 5.11 Å². The van der Waals surface area contributed by atoms with Gasteiger partial charge >= 0.3 is 0 Å². The normalized spacial score (nSPS) is 26.7. The van der Waals surface area contributed by atoms with Crippen LogP contribution in [0.2, 0.25) is 5.02 Å². The van der Waals surface area contributed by atoms with E-state index in [9.17, 15) is 5.11 Å². The van der Waals surface area contributed by atoms with E-state index in [0.29, 0.717) is 6.54 Å². The van der Waals surface area contributed by atoms with Crippen molar-refractivity contribution >= 4 is 11.6 Å². The number of nitrogens with zero attached hydrogens (tertiary/aromatic N) is 1. The van der Waals surface area contributed by atoms with Crippen molar-refractivity contribution in [2.45, 2.75) is 44.8 Å². The molecule has 1 aliphatic carbocycles. The highest BCUT2D eigenvalue weighted by atomic mass is 35.5. The minimum atomic E-state index is -0.297. The number of rotatable bonds is 6. The highest BCUT2D eigenvalue weighted by Gasteiger charge is 2.31. The Morgan fingerprint density at radius 1 is 1.22 bits per heavy atom. The van der Waals surface area contributed by atoms with Crippen LogP contribution in [0.3, 0.4) is 0 Å². The number of aliphatic hydroxyl groups excluding tert-OH is 1. The standard InChI is InChI=1S/C19H29ClN2O/c20-18-7-3-4-15(10-18)11-21-12-19(23)14-22-9-8-16-5-1-2-6-17(16)13-22/h3-4,7,10,16-17,19,21,23H,1-2,5-6,8-9,11-14H2/t16-,17+,19+/m0/s1. The summed E-state index contributed by atoms with van der Waals surface area (Å²) in [5.74, 6) is 1.84. The second kappa shape index (κ2) is 8.48. The van der Waals surface area contributed by atoms with Gasteiger partial charge in [0, 0.05) is 31.2 Å². The minimum Gasteiger partial charge on any atom is -0.390 e. The van der Waals surface area contributed by atoms with E-state index in [4.69, 9.17) is 11.6 Å². The molecule has 3 nitrogen and oxygen atoms in total. The highest BCUT2D eigenvalue weighted by molar-refractivity contribution is 6.30. The Morgan fingerprint density at radius 2 is 2.04 bits per heavy atom. The van der Waals surface area contributed by atoms with Gasteiger partial charge in [0.15, 0.2) is 0 Å². The van der Waals surface area contributed by atoms with Gasteiger partial charge in [-0.2, -0.15) is 0 Å². The van der Waals surface area contributed by atoms with Crippen molar-refractivity contribution in [1.82, 2.24) is 10.2 Å². The lowest BCUT2D eigenvalue weighted by Gasteiger charge is -2.41. The third kappa shape index (κ3) is 5.18. The molecule has 2 N–H and O–H groups in total. The van der Waals surface area contributed by atoms with Gasteiger partial charge in [0.05, 0.1) is 6.10 Å². The monoisotopic (exact) mass is 336 g/mol. The van der Waals surface area contributed by atoms with Gasteiger partial charge in [-0.05, 0) is 48.9 Å². The Morgan fingerprint density at radius 3 is 2.87 bits per heavy atom. The molecule has 1 aliphatic heterocycles. The van der Waals surface area contributed by atoms with E-state index in [1.54, 1.807) is 0 Å². The van der Waals surface area contributed by atoms with Crippen LogP contribution in [0.4, 0.5) is 0 Å². The molecule has 1 heterocycles. The summed E-state index contributed by atoms with van der Waals surface area (Å²) in [6, 6.07) is 7.87. The molecular formula is C19H29ClN2O. The predicted molar refractivity (Wildman–Crippen MR) is 95.7 cm³/mol. The fourth-order valence-electron chi connectivity index (χ4n) is 4.23. The number of halogens is 1. The lowest BCUT2D eigenvalue weighted by molar-refractivity contribution is 0.0463. The van der Waals surface area contributed by atoms with Crippen LogP contribution in [0.25, 0.3) is 0 Å². The lowest BCUT2D eigenvalue weighted by atomic mass is 9.75. The molecule has 1 aromatic carbocycles. The van der Waals surface area contributed by atoms with E-state index < -0.39 is 0 Å². The van der Waals surface area contributed by atoms with Crippen LogP contribution in [0, 0.1) is 11.8 Å². The topological polar surface area (TPSA) is 35.5 Å². The number of hydrogen-bond donors (Lipinski definition) is 2. The summed E-state index contributed by atoms with van der Waals surface area (Å²) in [5.41, 5.74) is 1.16. The van der Waals surface area contributed by atoms with Gasteiger partial charge in [0.2, 0.25) is 0 Å². The van der Waals surface area contributed by atoms with Crippen LogP contribution in [-0.4, -0.2) is 42.3 Å². The Labute approximate surface area is 145 Å². The van der Waals surface area contributed by atoms with Crippen molar-refractivity contribution in [2.75, 3.05) is 26.2 Å². The Bertz CT molecular complexity index is 496. The number of aliphatic hydroxyl groups is 1. The van der Waals surface area contributed by atoms with Crippen LogP contribution in [0.15, 0.2) is 24.3 Å². The SMILES string of the molecule is O[C@H](CNCc1cccc(Cl)c1)CN1CC[C@@H]2CCCC[C@@H]2C1. The molecule has 3 atom stereocenters. The Kier molecular flexibility index (Phi) is 6.35. The molecule has 0 bridgehead atoms. The first-order valence-corrected chi connectivity index (χ1v) is 9.44. The average Bonchev–Trinajstić information content (AvgIpc) is 2.55. The minimum absolute atomic E-state index is 0.297. The third-order valence-electron chi connectivity index (χ3n) is 5.44. The molecule has 0 spiro atoms. The summed E-state index contributed by atoms with van der Waals surface area (Å²) in [7, 11) is 0. The number of likely N-dealkylation sites (tertiary alicyclic amines) is 1. The molecule has 1 saturated heterocycles. The molecule has 2 fully saturated rings. The molecule has 4 heteroatoms. The van der Waals surface area contributed by atoms with Crippen LogP contribution in [0.1, 0.15) is 37.7 Å². The summed E-state index contributed by atoms with van der Waals surface area (Å²) in [6.07, 6.45) is 6.69. The van der Waals surface area contributed by atoms with E-state index in [0.717, 1.165) is 42.1 Å². The maximum atomic E-state index is 10.3. The summed E-state index contributed by atoms with van der Waals surface area (Å²) in [5, 5.41) is 14.4. The quantitative estimate of drug-likeness (QED) is 0.836. The van der Waals surface area contributed by atoms with Gasteiger partial charge < -0.3 is 15.3 Å². The van der Waals surface area contributed by atoms with Crippen molar-refractivity contribution in [3.8, 4) is 0 Å². The van der Waals surface area contributed by atoms with Crippen molar-refractivity contribution in [1.29, 1.82) is 0 Å². The number of fused-ring (bicyclic) bond motifs is 1. The second-order valence-corrected chi connectivity index (χ2v) is 7.70. The Balaban J connectivity index is 1.37. The van der Waals surface area contributed by atoms with E-state index in [1.165, 1.54) is 38.6 Å². The summed E-state index contributed by atoms with van der Waals surface area (Å²) in [4.78, 5) is 2.47. The number of piperidine rings is 1. The molecule has 0 aromatic heterocycles. The van der Waals surface area contributed by atoms with Gasteiger partial charge in [-0.1, -0.05) is 43.0 Å². The number of benzene rings is 1. The van der Waals surface area contributed by atoms with Gasteiger partial charge in [-0.25, -0.2) is 0 Å². The van der Waals surface area contributed by atoms with Crippen LogP contribution in [-0.2, 0) is 6.54 Å². The van der Waals surface area contributed by atoms with E-state index in [-0.39, 0.29) is 6.10 Å². The molecule has 0 radical (unpaired) electrons. The molecule has 0 amide bonds. The van der Waals surface area contributed by atoms with Crippen molar-refractivity contribution in [3.05, 3.63) is 34.9 Å². The number of nitrogens with one attached hydrogen (secondary N) is 1. The van der Waals surface area contributed by atoms with E-state index in [2.05, 4.69) is 16.3 Å². The summed E-state index contributed by atoms with van der Waals surface area (Å²) >= 11 is 5.99. The fraction of sp³-hybridized carbons (Fsp3) is 0.684. The molecule has 2 aliphatic rings. The smallest absolute Gasteiger partial charge is 0.0791 e. The zero-order valence-corrected chi connectivity index (χ0v) is 14.6. The van der Waals surface area contributed by atoms with Crippen molar-refractivity contribution in [2.24, 2.45) is 11.8 Å². The molecule has 3 rings (SSSR count). The van der Waals surface area contributed by atoms with E-state index >= 15 is 0 Å². The molecule has 1 aromatic rings. The Hall–Kier alpha value is -0.610. The molecule has 128 valence electrons. The third-order valence-corrected chi connectivity index (χ3v) is 5.68.